The molecule has 0 N–H and O–H groups in total. The molecule has 2 aromatic carbocycles. The van der Waals surface area contributed by atoms with E-state index in [1.165, 1.54) is 38.5 Å². The smallest absolute Gasteiger partial charge is 0.169 e. The SMILES string of the molecule is C/C=C/CCc1ccc2cc([C@@H]3CC[C@@H]4CC(CCCC)CCC4C3)c(F)c(F)c2c1F. The number of aryl methyl sites for hydroxylation is 1. The van der Waals surface area contributed by atoms with Crippen molar-refractivity contribution >= 4 is 10.8 Å². The van der Waals surface area contributed by atoms with Crippen LogP contribution in [0, 0.1) is 35.2 Å². The lowest BCUT2D eigenvalue weighted by Crippen LogP contribution is -2.30. The Morgan fingerprint density at radius 2 is 1.72 bits per heavy atom. The highest BCUT2D eigenvalue weighted by Crippen LogP contribution is 2.49. The monoisotopic (exact) mass is 442 g/mol. The molecule has 0 radical (unpaired) electrons. The van der Waals surface area contributed by atoms with Crippen molar-refractivity contribution in [3.8, 4) is 0 Å². The first-order valence-electron chi connectivity index (χ1n) is 12.7. The van der Waals surface area contributed by atoms with Crippen molar-refractivity contribution in [3.05, 3.63) is 58.9 Å². The zero-order valence-electron chi connectivity index (χ0n) is 19.6. The first-order chi connectivity index (χ1) is 15.5. The number of fused-ring (bicyclic) bond motifs is 2. The Bertz CT molecular complexity index is 961. The first kappa shape index (κ1) is 23.4. The third-order valence-corrected chi connectivity index (χ3v) is 8.17. The van der Waals surface area contributed by atoms with E-state index in [4.69, 9.17) is 0 Å². The summed E-state index contributed by atoms with van der Waals surface area (Å²) in [7, 11) is 0. The van der Waals surface area contributed by atoms with Gasteiger partial charge in [0.2, 0.25) is 0 Å². The highest BCUT2D eigenvalue weighted by atomic mass is 19.2. The number of benzene rings is 2. The number of hydrogen-bond acceptors (Lipinski definition) is 0. The van der Waals surface area contributed by atoms with E-state index < -0.39 is 17.5 Å². The van der Waals surface area contributed by atoms with Gasteiger partial charge in [-0.15, -0.1) is 0 Å². The zero-order chi connectivity index (χ0) is 22.7. The fourth-order valence-corrected chi connectivity index (χ4v) is 6.36. The van der Waals surface area contributed by atoms with Gasteiger partial charge in [-0.3, -0.25) is 0 Å². The molecule has 2 saturated carbocycles. The molecule has 32 heavy (non-hydrogen) atoms. The maximum Gasteiger partial charge on any atom is 0.169 e. The van der Waals surface area contributed by atoms with E-state index >= 15 is 13.2 Å². The van der Waals surface area contributed by atoms with Gasteiger partial charge in [-0.2, -0.15) is 0 Å². The van der Waals surface area contributed by atoms with Crippen LogP contribution in [0.25, 0.3) is 10.8 Å². The van der Waals surface area contributed by atoms with Crippen molar-refractivity contribution in [1.29, 1.82) is 0 Å². The maximum atomic E-state index is 15.2. The summed E-state index contributed by atoms with van der Waals surface area (Å²) in [5, 5.41) is 0.297. The quantitative estimate of drug-likeness (QED) is 0.375. The minimum atomic E-state index is -1.01. The number of halogens is 3. The third kappa shape index (κ3) is 4.77. The Hall–Kier alpha value is -1.77. The van der Waals surface area contributed by atoms with Crippen LogP contribution in [-0.2, 0) is 6.42 Å². The summed E-state index contributed by atoms with van der Waals surface area (Å²) in [6.07, 6.45) is 15.7. The second kappa shape index (κ2) is 10.4. The lowest BCUT2D eigenvalue weighted by atomic mass is 9.63. The average molecular weight is 443 g/mol. The minimum Gasteiger partial charge on any atom is -0.206 e. The van der Waals surface area contributed by atoms with Crippen LogP contribution in [0.1, 0.15) is 95.1 Å². The van der Waals surface area contributed by atoms with E-state index in [1.807, 2.05) is 19.1 Å². The molecule has 0 saturated heterocycles. The van der Waals surface area contributed by atoms with Gasteiger partial charge in [-0.1, -0.05) is 56.9 Å². The number of hydrogen-bond donors (Lipinski definition) is 0. The molecule has 0 bridgehead atoms. The van der Waals surface area contributed by atoms with Crippen LogP contribution in [0.5, 0.6) is 0 Å². The standard InChI is InChI=1S/C29H37F3/c1-3-5-7-9-20-12-15-24-18-25(28(31)29(32)26(24)27(20)30)23-14-13-21-16-19(8-6-4-2)10-11-22(21)17-23/h3,5,12,15,18-19,21-23H,4,6-11,13-14,16-17H2,1-2H3/b5-3+/t19?,21-,22?,23-/m1/s1. The van der Waals surface area contributed by atoms with E-state index in [-0.39, 0.29) is 11.3 Å². The predicted octanol–water partition coefficient (Wildman–Crippen LogP) is 9.26. The summed E-state index contributed by atoms with van der Waals surface area (Å²) >= 11 is 0. The highest BCUT2D eigenvalue weighted by molar-refractivity contribution is 5.85. The largest absolute Gasteiger partial charge is 0.206 e. The number of rotatable bonds is 7. The van der Waals surface area contributed by atoms with Crippen LogP contribution in [-0.4, -0.2) is 0 Å². The van der Waals surface area contributed by atoms with Crippen molar-refractivity contribution in [2.24, 2.45) is 17.8 Å². The molecule has 2 aliphatic rings. The molecular formula is C29H37F3. The van der Waals surface area contributed by atoms with Crippen molar-refractivity contribution in [3.63, 3.8) is 0 Å². The second-order valence-corrected chi connectivity index (χ2v) is 10.2. The van der Waals surface area contributed by atoms with E-state index in [0.717, 1.165) is 31.1 Å². The van der Waals surface area contributed by atoms with Gasteiger partial charge in [0.05, 0.1) is 5.39 Å². The molecular weight excluding hydrogens is 405 g/mol. The second-order valence-electron chi connectivity index (χ2n) is 10.2. The van der Waals surface area contributed by atoms with Gasteiger partial charge in [-0.05, 0) is 98.1 Å². The minimum absolute atomic E-state index is 0.0415. The van der Waals surface area contributed by atoms with E-state index in [2.05, 4.69) is 6.92 Å². The maximum absolute atomic E-state index is 15.2. The molecule has 4 atom stereocenters. The first-order valence-corrected chi connectivity index (χ1v) is 12.7. The Balaban J connectivity index is 1.54. The van der Waals surface area contributed by atoms with E-state index in [1.54, 1.807) is 18.2 Å². The normalized spacial score (nSPS) is 26.0. The number of allylic oxidation sites excluding steroid dienone is 2. The molecule has 2 unspecified atom stereocenters. The lowest BCUT2D eigenvalue weighted by Gasteiger charge is -2.42. The molecule has 174 valence electrons. The summed E-state index contributed by atoms with van der Waals surface area (Å²) in [4.78, 5) is 0. The molecule has 0 spiro atoms. The molecule has 0 heterocycles. The zero-order valence-corrected chi connectivity index (χ0v) is 19.6. The molecule has 0 aromatic heterocycles. The Labute approximate surface area is 191 Å². The highest BCUT2D eigenvalue weighted by Gasteiger charge is 2.37. The molecule has 4 rings (SSSR count). The Morgan fingerprint density at radius 3 is 2.50 bits per heavy atom. The van der Waals surface area contributed by atoms with Crippen LogP contribution in [0.4, 0.5) is 13.2 Å². The van der Waals surface area contributed by atoms with Crippen LogP contribution in [0.3, 0.4) is 0 Å². The van der Waals surface area contributed by atoms with Crippen LogP contribution in [0.2, 0.25) is 0 Å². The van der Waals surface area contributed by atoms with Crippen LogP contribution in [0.15, 0.2) is 30.4 Å². The fourth-order valence-electron chi connectivity index (χ4n) is 6.36. The summed E-state index contributed by atoms with van der Waals surface area (Å²) in [5.41, 5.74) is 0.907. The summed E-state index contributed by atoms with van der Waals surface area (Å²) in [6.45, 7) is 4.17. The summed E-state index contributed by atoms with van der Waals surface area (Å²) in [6, 6.07) is 5.22. The molecule has 2 aromatic rings. The topological polar surface area (TPSA) is 0 Å². The van der Waals surface area contributed by atoms with Crippen molar-refractivity contribution in [2.45, 2.75) is 90.4 Å². The van der Waals surface area contributed by atoms with Crippen LogP contribution < -0.4 is 0 Å². The third-order valence-electron chi connectivity index (χ3n) is 8.17. The summed E-state index contributed by atoms with van der Waals surface area (Å²) in [5.74, 6) is -0.185. The van der Waals surface area contributed by atoms with Gasteiger partial charge in [0.15, 0.2) is 11.6 Å². The van der Waals surface area contributed by atoms with Crippen molar-refractivity contribution < 1.29 is 13.2 Å². The molecule has 2 fully saturated rings. The predicted molar refractivity (Wildman–Crippen MR) is 127 cm³/mol. The lowest BCUT2D eigenvalue weighted by molar-refractivity contribution is 0.112. The molecule has 0 amide bonds. The Kier molecular flexibility index (Phi) is 7.63. The van der Waals surface area contributed by atoms with Gasteiger partial charge >= 0.3 is 0 Å². The fraction of sp³-hybridized carbons (Fsp3) is 0.586. The van der Waals surface area contributed by atoms with E-state index in [9.17, 15) is 0 Å². The molecule has 0 nitrogen and oxygen atoms in total. The molecule has 2 aliphatic carbocycles. The summed E-state index contributed by atoms with van der Waals surface area (Å²) < 4.78 is 45.4. The van der Waals surface area contributed by atoms with E-state index in [0.29, 0.717) is 35.3 Å². The molecule has 3 heteroatoms. The van der Waals surface area contributed by atoms with Gasteiger partial charge in [0.25, 0.3) is 0 Å². The Morgan fingerprint density at radius 1 is 0.938 bits per heavy atom. The van der Waals surface area contributed by atoms with Gasteiger partial charge in [-0.25, -0.2) is 13.2 Å². The van der Waals surface area contributed by atoms with Gasteiger partial charge < -0.3 is 0 Å². The van der Waals surface area contributed by atoms with Crippen LogP contribution >= 0.6 is 0 Å². The average Bonchev–Trinajstić information content (AvgIpc) is 2.81. The number of unbranched alkanes of at least 4 members (excludes halogenated alkanes) is 1. The van der Waals surface area contributed by atoms with Gasteiger partial charge in [0.1, 0.15) is 5.82 Å². The van der Waals surface area contributed by atoms with Crippen molar-refractivity contribution in [1.82, 2.24) is 0 Å². The molecule has 0 aliphatic heterocycles. The van der Waals surface area contributed by atoms with Crippen molar-refractivity contribution in [2.75, 3.05) is 0 Å². The van der Waals surface area contributed by atoms with Gasteiger partial charge in [0, 0.05) is 0 Å².